The van der Waals surface area contributed by atoms with Gasteiger partial charge in [-0.25, -0.2) is 0 Å². The van der Waals surface area contributed by atoms with Gasteiger partial charge in [0.15, 0.2) is 5.75 Å². The third kappa shape index (κ3) is 2.08. The number of carbonyl (C=O) groups excluding carboxylic acids is 2. The zero-order valence-electron chi connectivity index (χ0n) is 14.8. The van der Waals surface area contributed by atoms with Crippen LogP contribution >= 0.6 is 11.6 Å². The quantitative estimate of drug-likeness (QED) is 0.698. The number of anilines is 1. The van der Waals surface area contributed by atoms with Crippen molar-refractivity contribution < 1.29 is 14.3 Å². The van der Waals surface area contributed by atoms with Gasteiger partial charge in [0.05, 0.1) is 17.2 Å². The topological polar surface area (TPSA) is 73.6 Å². The van der Waals surface area contributed by atoms with Gasteiger partial charge in [-0.1, -0.05) is 35.9 Å². The average molecular weight is 392 g/mol. The Labute approximate surface area is 166 Å². The number of allylic oxidation sites excluding steroid dienone is 1. The molecule has 3 aliphatic rings. The number of hydrogen-bond donors (Lipinski definition) is 0. The molecule has 3 heterocycles. The summed E-state index contributed by atoms with van der Waals surface area (Å²) in [6.45, 7) is 0. The Hall–Kier alpha value is -3.30. The van der Waals surface area contributed by atoms with Crippen LogP contribution in [0.2, 0.25) is 5.02 Å². The highest BCUT2D eigenvalue weighted by Gasteiger charge is 2.59. The monoisotopic (exact) mass is 391 g/mol. The molecule has 0 aromatic heterocycles. The number of likely N-dealkylation sites (tertiary alicyclic amines) is 1. The maximum atomic E-state index is 13.0. The largest absolute Gasteiger partial charge is 0.438 e. The first-order chi connectivity index (χ1) is 13.5. The molecular formula is C21H14ClN3O3. The second-order valence-corrected chi connectivity index (χ2v) is 7.44. The summed E-state index contributed by atoms with van der Waals surface area (Å²) in [5.74, 6) is -1.02. The predicted molar refractivity (Wildman–Crippen MR) is 101 cm³/mol. The van der Waals surface area contributed by atoms with Gasteiger partial charge >= 0.3 is 0 Å². The first kappa shape index (κ1) is 16.8. The third-order valence-corrected chi connectivity index (χ3v) is 5.87. The van der Waals surface area contributed by atoms with Gasteiger partial charge < -0.3 is 4.74 Å². The Morgan fingerprint density at radius 2 is 1.79 bits per heavy atom. The number of para-hydroxylation sites is 2. The summed E-state index contributed by atoms with van der Waals surface area (Å²) in [6.07, 6.45) is 0. The van der Waals surface area contributed by atoms with Crippen LogP contribution in [0.4, 0.5) is 5.69 Å². The molecule has 2 aromatic rings. The molecule has 138 valence electrons. The number of nitrogens with zero attached hydrogens (tertiary/aromatic N) is 3. The molecular weight excluding hydrogens is 378 g/mol. The van der Waals surface area contributed by atoms with E-state index in [4.69, 9.17) is 16.3 Å². The van der Waals surface area contributed by atoms with E-state index in [9.17, 15) is 14.9 Å². The van der Waals surface area contributed by atoms with Crippen molar-refractivity contribution in [2.45, 2.75) is 12.0 Å². The minimum atomic E-state index is -0.756. The molecule has 0 saturated carbocycles. The maximum absolute atomic E-state index is 13.0. The first-order valence-corrected chi connectivity index (χ1v) is 9.18. The van der Waals surface area contributed by atoms with Crippen LogP contribution in [-0.4, -0.2) is 29.8 Å². The van der Waals surface area contributed by atoms with Crippen molar-refractivity contribution in [3.63, 3.8) is 0 Å². The number of halogens is 1. The third-order valence-electron chi connectivity index (χ3n) is 5.62. The van der Waals surface area contributed by atoms with E-state index < -0.39 is 17.9 Å². The Morgan fingerprint density at radius 3 is 2.50 bits per heavy atom. The standard InChI is InChI=1S/C21H14ClN3O3/c1-24-19(26)17-16(11-6-8-12(22)9-7-11)13(10-23)21-25(18(17)20(24)27)14-4-2-3-5-15(14)28-21/h2-9,16-18H,1H3/t16-,17-,18+/m1/s1. The summed E-state index contributed by atoms with van der Waals surface area (Å²) in [5.41, 5.74) is 1.77. The Kier molecular flexibility index (Phi) is 3.52. The number of hydrogen-bond acceptors (Lipinski definition) is 5. The zero-order chi connectivity index (χ0) is 19.6. The van der Waals surface area contributed by atoms with Gasteiger partial charge in [0, 0.05) is 18.0 Å². The van der Waals surface area contributed by atoms with Gasteiger partial charge in [-0.15, -0.1) is 0 Å². The molecule has 0 spiro atoms. The van der Waals surface area contributed by atoms with Gasteiger partial charge in [0.2, 0.25) is 11.8 Å². The molecule has 3 aliphatic heterocycles. The second kappa shape index (κ2) is 5.85. The Bertz CT molecular complexity index is 1100. The van der Waals surface area contributed by atoms with Crippen LogP contribution < -0.4 is 9.64 Å². The maximum Gasteiger partial charge on any atom is 0.252 e. The van der Waals surface area contributed by atoms with E-state index in [0.717, 1.165) is 10.5 Å². The van der Waals surface area contributed by atoms with Crippen LogP contribution in [0.3, 0.4) is 0 Å². The fourth-order valence-electron chi connectivity index (χ4n) is 4.36. The highest BCUT2D eigenvalue weighted by Crippen LogP contribution is 2.53. The molecule has 1 fully saturated rings. The number of carbonyl (C=O) groups is 2. The fourth-order valence-corrected chi connectivity index (χ4v) is 4.48. The van der Waals surface area contributed by atoms with E-state index in [1.54, 1.807) is 35.2 Å². The summed E-state index contributed by atoms with van der Waals surface area (Å²) in [7, 11) is 1.48. The summed E-state index contributed by atoms with van der Waals surface area (Å²) in [6, 6.07) is 15.8. The molecule has 0 aliphatic carbocycles. The Morgan fingerprint density at radius 1 is 1.07 bits per heavy atom. The number of likely N-dealkylation sites (N-methyl/N-ethyl adjacent to an activating group) is 1. The van der Waals surface area contributed by atoms with Gasteiger partial charge in [0.1, 0.15) is 12.1 Å². The second-order valence-electron chi connectivity index (χ2n) is 7.01. The van der Waals surface area contributed by atoms with E-state index in [1.165, 1.54) is 7.05 Å². The van der Waals surface area contributed by atoms with Crippen molar-refractivity contribution >= 4 is 29.1 Å². The van der Waals surface area contributed by atoms with Gasteiger partial charge in [-0.2, -0.15) is 5.26 Å². The van der Waals surface area contributed by atoms with E-state index in [-0.39, 0.29) is 11.8 Å². The normalized spacial score (nSPS) is 25.2. The van der Waals surface area contributed by atoms with Crippen LogP contribution in [0.25, 0.3) is 0 Å². The minimum Gasteiger partial charge on any atom is -0.438 e. The van der Waals surface area contributed by atoms with Crippen molar-refractivity contribution in [2.24, 2.45) is 5.92 Å². The molecule has 0 N–H and O–H groups in total. The average Bonchev–Trinajstić information content (AvgIpc) is 3.19. The number of ether oxygens (including phenoxy) is 1. The zero-order valence-corrected chi connectivity index (χ0v) is 15.6. The van der Waals surface area contributed by atoms with Crippen LogP contribution in [0.1, 0.15) is 11.5 Å². The minimum absolute atomic E-state index is 0.300. The Balaban J connectivity index is 1.78. The molecule has 0 unspecified atom stereocenters. The summed E-state index contributed by atoms with van der Waals surface area (Å²) in [5, 5.41) is 10.5. The fraction of sp³-hybridized carbons (Fsp3) is 0.190. The van der Waals surface area contributed by atoms with E-state index in [0.29, 0.717) is 27.9 Å². The van der Waals surface area contributed by atoms with Gasteiger partial charge in [0.25, 0.3) is 5.91 Å². The molecule has 3 atom stereocenters. The van der Waals surface area contributed by atoms with E-state index >= 15 is 0 Å². The molecule has 6 nitrogen and oxygen atoms in total. The highest BCUT2D eigenvalue weighted by atomic mass is 35.5. The van der Waals surface area contributed by atoms with Crippen molar-refractivity contribution in [3.05, 3.63) is 70.6 Å². The SMILES string of the molecule is CN1C(=O)[C@H]2[C@@H](C1=O)N1C(=C(C#N)[C@H]2c2ccc(Cl)cc2)Oc2ccccc21. The lowest BCUT2D eigenvalue weighted by Crippen LogP contribution is -2.48. The lowest BCUT2D eigenvalue weighted by atomic mass is 9.75. The number of rotatable bonds is 1. The van der Waals surface area contributed by atoms with E-state index in [2.05, 4.69) is 6.07 Å². The van der Waals surface area contributed by atoms with Crippen LogP contribution in [0, 0.1) is 17.2 Å². The van der Waals surface area contributed by atoms with E-state index in [1.807, 2.05) is 18.2 Å². The van der Waals surface area contributed by atoms with Crippen molar-refractivity contribution in [2.75, 3.05) is 11.9 Å². The number of benzene rings is 2. The first-order valence-electron chi connectivity index (χ1n) is 8.80. The van der Waals surface area contributed by atoms with Crippen molar-refractivity contribution in [1.82, 2.24) is 4.90 Å². The van der Waals surface area contributed by atoms with Crippen molar-refractivity contribution in [1.29, 1.82) is 5.26 Å². The van der Waals surface area contributed by atoms with Crippen LogP contribution in [0.5, 0.6) is 5.75 Å². The van der Waals surface area contributed by atoms with Crippen LogP contribution in [0.15, 0.2) is 60.0 Å². The smallest absolute Gasteiger partial charge is 0.252 e. The number of nitriles is 1. The van der Waals surface area contributed by atoms with Crippen molar-refractivity contribution in [3.8, 4) is 11.8 Å². The summed E-state index contributed by atoms with van der Waals surface area (Å²) >= 11 is 6.02. The number of fused-ring (bicyclic) bond motifs is 5. The van der Waals surface area contributed by atoms with Crippen LogP contribution in [-0.2, 0) is 9.59 Å². The summed E-state index contributed by atoms with van der Waals surface area (Å²) < 4.78 is 5.99. The molecule has 2 amide bonds. The molecule has 5 rings (SSSR count). The molecule has 7 heteroatoms. The lowest BCUT2D eigenvalue weighted by molar-refractivity contribution is -0.137. The lowest BCUT2D eigenvalue weighted by Gasteiger charge is -2.37. The molecule has 28 heavy (non-hydrogen) atoms. The summed E-state index contributed by atoms with van der Waals surface area (Å²) in [4.78, 5) is 28.9. The number of imide groups is 1. The number of amides is 2. The highest BCUT2D eigenvalue weighted by molar-refractivity contribution is 6.30. The molecule has 2 aromatic carbocycles. The van der Waals surface area contributed by atoms with Gasteiger partial charge in [-0.05, 0) is 29.8 Å². The predicted octanol–water partition coefficient (Wildman–Crippen LogP) is 3.05. The van der Waals surface area contributed by atoms with Gasteiger partial charge in [-0.3, -0.25) is 19.4 Å². The molecule has 0 radical (unpaired) electrons. The molecule has 0 bridgehead atoms. The molecule has 1 saturated heterocycles.